The van der Waals surface area contributed by atoms with Gasteiger partial charge in [0.25, 0.3) is 5.91 Å². The molecule has 5 nitrogen and oxygen atoms in total. The molecule has 1 aliphatic carbocycles. The van der Waals surface area contributed by atoms with Gasteiger partial charge in [0, 0.05) is 29.7 Å². The lowest BCUT2D eigenvalue weighted by Crippen LogP contribution is -2.24. The Labute approximate surface area is 241 Å². The van der Waals surface area contributed by atoms with E-state index < -0.39 is 11.9 Å². The molecule has 1 N–H and O–H groups in total. The van der Waals surface area contributed by atoms with Gasteiger partial charge in [-0.1, -0.05) is 90.4 Å². The van der Waals surface area contributed by atoms with Crippen LogP contribution in [0, 0.1) is 0 Å². The molecule has 0 saturated heterocycles. The van der Waals surface area contributed by atoms with Crippen LogP contribution in [0.5, 0.6) is 0 Å². The third kappa shape index (κ3) is 8.49. The zero-order valence-electron chi connectivity index (χ0n) is 24.3. The van der Waals surface area contributed by atoms with Crippen LogP contribution in [-0.2, 0) is 19.0 Å². The molecule has 0 spiro atoms. The maximum absolute atomic E-state index is 13.8. The zero-order valence-corrected chi connectivity index (χ0v) is 24.3. The smallest absolute Gasteiger partial charge is 0.435 e. The van der Waals surface area contributed by atoms with E-state index in [4.69, 9.17) is 4.42 Å². The van der Waals surface area contributed by atoms with Gasteiger partial charge in [-0.25, -0.2) is 4.68 Å². The molecule has 0 bridgehead atoms. The van der Waals surface area contributed by atoms with Gasteiger partial charge >= 0.3 is 6.18 Å². The summed E-state index contributed by atoms with van der Waals surface area (Å²) < 4.78 is 48.1. The second-order valence-electron chi connectivity index (χ2n) is 11.2. The Balaban J connectivity index is 1.18. The van der Waals surface area contributed by atoms with E-state index in [9.17, 15) is 18.0 Å². The predicted molar refractivity (Wildman–Crippen MR) is 156 cm³/mol. The van der Waals surface area contributed by atoms with Crippen LogP contribution in [0.1, 0.15) is 124 Å². The molecule has 2 heterocycles. The third-order valence-corrected chi connectivity index (χ3v) is 8.04. The number of nitrogens with zero attached hydrogens (tertiary/aromatic N) is 2. The molecule has 1 aliphatic rings. The number of hydrogen-bond donors (Lipinski definition) is 1. The maximum Gasteiger partial charge on any atom is 0.435 e. The van der Waals surface area contributed by atoms with E-state index in [0.717, 1.165) is 12.8 Å². The number of carbonyl (C=O) groups excluding carboxylic acids is 1. The molecule has 0 atom stereocenters. The molecule has 1 aromatic carbocycles. The minimum atomic E-state index is -4.55. The number of nitrogens with one attached hydrogen (secondary N) is 1. The molecule has 0 saturated carbocycles. The van der Waals surface area contributed by atoms with Crippen molar-refractivity contribution >= 4 is 5.91 Å². The molecule has 0 fully saturated rings. The normalized spacial score (nSPS) is 12.8. The highest BCUT2D eigenvalue weighted by Gasteiger charge is 2.41. The van der Waals surface area contributed by atoms with E-state index in [1.165, 1.54) is 88.0 Å². The van der Waals surface area contributed by atoms with Gasteiger partial charge in [0.15, 0.2) is 5.69 Å². The van der Waals surface area contributed by atoms with E-state index >= 15 is 0 Å². The summed E-state index contributed by atoms with van der Waals surface area (Å²) in [7, 11) is 0. The van der Waals surface area contributed by atoms with Gasteiger partial charge in [-0.2, -0.15) is 18.3 Å². The first-order chi connectivity index (χ1) is 19.9. The fourth-order valence-corrected chi connectivity index (χ4v) is 5.74. The van der Waals surface area contributed by atoms with Crippen molar-refractivity contribution in [2.24, 2.45) is 0 Å². The predicted octanol–water partition coefficient (Wildman–Crippen LogP) is 9.46. The van der Waals surface area contributed by atoms with Gasteiger partial charge in [-0.3, -0.25) is 4.79 Å². The highest BCUT2D eigenvalue weighted by molar-refractivity contribution is 5.94. The summed E-state index contributed by atoms with van der Waals surface area (Å²) in [6, 6.07) is 8.24. The lowest BCUT2D eigenvalue weighted by Gasteiger charge is -2.15. The van der Waals surface area contributed by atoms with Crippen LogP contribution in [0.3, 0.4) is 0 Å². The fraction of sp³-hybridized carbons (Fsp3) is 0.576. The number of furan rings is 1. The minimum absolute atomic E-state index is 0.179. The van der Waals surface area contributed by atoms with Gasteiger partial charge in [-0.05, 0) is 43.2 Å². The van der Waals surface area contributed by atoms with Crippen molar-refractivity contribution in [3.8, 4) is 16.9 Å². The summed E-state index contributed by atoms with van der Waals surface area (Å²) in [5.41, 5.74) is 1.29. The molecule has 3 aromatic rings. The van der Waals surface area contributed by atoms with Crippen molar-refractivity contribution in [2.45, 2.75) is 116 Å². The van der Waals surface area contributed by atoms with Crippen LogP contribution < -0.4 is 5.32 Å². The molecule has 41 heavy (non-hydrogen) atoms. The number of unbranched alkanes of at least 4 members (excludes halogenated alkanes) is 13. The van der Waals surface area contributed by atoms with Gasteiger partial charge in [-0.15, -0.1) is 0 Å². The Morgan fingerprint density at radius 1 is 0.854 bits per heavy atom. The molecule has 8 heteroatoms. The van der Waals surface area contributed by atoms with Gasteiger partial charge in [0.1, 0.15) is 5.76 Å². The topological polar surface area (TPSA) is 60.1 Å². The average molecular weight is 572 g/mol. The molecule has 4 rings (SSSR count). The highest BCUT2D eigenvalue weighted by atomic mass is 19.4. The van der Waals surface area contributed by atoms with Crippen molar-refractivity contribution in [3.63, 3.8) is 0 Å². The average Bonchev–Trinajstić information content (AvgIpc) is 3.60. The van der Waals surface area contributed by atoms with Gasteiger partial charge in [0.05, 0.1) is 17.6 Å². The Morgan fingerprint density at radius 2 is 1.44 bits per heavy atom. The number of aryl methyl sites for hydroxylation is 1. The van der Waals surface area contributed by atoms with E-state index in [0.29, 0.717) is 41.2 Å². The number of benzene rings is 1. The first-order valence-electron chi connectivity index (χ1n) is 15.5. The van der Waals surface area contributed by atoms with E-state index in [1.54, 1.807) is 30.3 Å². The van der Waals surface area contributed by atoms with E-state index in [-0.39, 0.29) is 17.9 Å². The number of alkyl halides is 3. The van der Waals surface area contributed by atoms with Crippen LogP contribution in [0.15, 0.2) is 41.0 Å². The Hall–Kier alpha value is -3.03. The molecule has 0 radical (unpaired) electrons. The number of aromatic nitrogens is 2. The van der Waals surface area contributed by atoms with Crippen LogP contribution in [-0.4, -0.2) is 22.2 Å². The lowest BCUT2D eigenvalue weighted by atomic mass is 9.94. The van der Waals surface area contributed by atoms with Crippen molar-refractivity contribution in [2.75, 3.05) is 6.54 Å². The quantitative estimate of drug-likeness (QED) is 0.164. The number of halogens is 3. The standard InChI is InChI=1S/C33H44F3N3O2/c1-2-3-4-5-6-7-8-9-10-11-12-13-14-15-23-37-32(40)25-16-18-26(19-17-25)39-30-27-22-24-41-29(27)21-20-28(30)31(38-39)33(34,35)36/h16-19,22,24H,2-15,20-21,23H2,1H3,(H,37,40). The number of hydrogen-bond acceptors (Lipinski definition) is 3. The largest absolute Gasteiger partial charge is 0.469 e. The Bertz CT molecular complexity index is 1230. The molecular weight excluding hydrogens is 527 g/mol. The van der Waals surface area contributed by atoms with Gasteiger partial charge < -0.3 is 9.73 Å². The fourth-order valence-electron chi connectivity index (χ4n) is 5.74. The van der Waals surface area contributed by atoms with Crippen LogP contribution in [0.25, 0.3) is 16.9 Å². The second-order valence-corrected chi connectivity index (χ2v) is 11.2. The molecule has 2 aromatic heterocycles. The van der Waals surface area contributed by atoms with E-state index in [2.05, 4.69) is 17.3 Å². The monoisotopic (exact) mass is 571 g/mol. The Kier molecular flexibility index (Phi) is 11.5. The molecule has 1 amide bonds. The third-order valence-electron chi connectivity index (χ3n) is 8.04. The highest BCUT2D eigenvalue weighted by Crippen LogP contribution is 2.42. The van der Waals surface area contributed by atoms with Gasteiger partial charge in [0.2, 0.25) is 0 Å². The number of carbonyl (C=O) groups is 1. The zero-order chi connectivity index (χ0) is 29.1. The SMILES string of the molecule is CCCCCCCCCCCCCCCCNC(=O)c1ccc(-n2nc(C(F)(F)F)c3c2-c2ccoc2CC3)cc1. The van der Waals surface area contributed by atoms with Crippen LogP contribution in [0.2, 0.25) is 0 Å². The lowest BCUT2D eigenvalue weighted by molar-refractivity contribution is -0.142. The first-order valence-corrected chi connectivity index (χ1v) is 15.5. The summed E-state index contributed by atoms with van der Waals surface area (Å²) in [6.07, 6.45) is 15.6. The summed E-state index contributed by atoms with van der Waals surface area (Å²) in [5, 5.41) is 6.92. The summed E-state index contributed by atoms with van der Waals surface area (Å²) in [5.74, 6) is 0.480. The number of fused-ring (bicyclic) bond motifs is 3. The van der Waals surface area contributed by atoms with Crippen molar-refractivity contribution in [1.29, 1.82) is 0 Å². The van der Waals surface area contributed by atoms with Crippen molar-refractivity contribution < 1.29 is 22.4 Å². The number of rotatable bonds is 17. The van der Waals surface area contributed by atoms with Crippen molar-refractivity contribution in [3.05, 3.63) is 59.2 Å². The first kappa shape index (κ1) is 30.9. The second kappa shape index (κ2) is 15.3. The summed E-state index contributed by atoms with van der Waals surface area (Å²) in [6.45, 7) is 2.87. The molecule has 0 unspecified atom stereocenters. The van der Waals surface area contributed by atoms with Crippen molar-refractivity contribution in [1.82, 2.24) is 15.1 Å². The van der Waals surface area contributed by atoms with Crippen LogP contribution in [0.4, 0.5) is 13.2 Å². The molecule has 224 valence electrons. The van der Waals surface area contributed by atoms with E-state index in [1.807, 2.05) is 0 Å². The minimum Gasteiger partial charge on any atom is -0.469 e. The summed E-state index contributed by atoms with van der Waals surface area (Å²) in [4.78, 5) is 12.6. The number of amides is 1. The summed E-state index contributed by atoms with van der Waals surface area (Å²) >= 11 is 0. The molecular formula is C33H44F3N3O2. The maximum atomic E-state index is 13.8. The van der Waals surface area contributed by atoms with Crippen LogP contribution >= 0.6 is 0 Å². The molecule has 0 aliphatic heterocycles. The Morgan fingerprint density at radius 3 is 2.02 bits per heavy atom.